The van der Waals surface area contributed by atoms with E-state index in [0.29, 0.717) is 25.4 Å². The molecular weight excluding hydrogens is 340 g/mol. The number of hydrogen-bond acceptors (Lipinski definition) is 4. The van der Waals surface area contributed by atoms with Crippen LogP contribution >= 0.6 is 0 Å². The van der Waals surface area contributed by atoms with Gasteiger partial charge in [0.15, 0.2) is 5.69 Å². The van der Waals surface area contributed by atoms with Crippen molar-refractivity contribution in [3.63, 3.8) is 0 Å². The molecule has 3 aromatic rings. The number of para-hydroxylation sites is 2. The van der Waals surface area contributed by atoms with Crippen molar-refractivity contribution in [2.75, 3.05) is 37.7 Å². The largest absolute Gasteiger partial charge is 0.492 e. The Morgan fingerprint density at radius 1 is 1.15 bits per heavy atom. The van der Waals surface area contributed by atoms with E-state index in [1.54, 1.807) is 0 Å². The number of aromatic nitrogens is 2. The van der Waals surface area contributed by atoms with E-state index >= 15 is 0 Å². The van der Waals surface area contributed by atoms with Crippen LogP contribution < -0.4 is 9.64 Å². The normalized spacial score (nSPS) is 14.6. The lowest BCUT2D eigenvalue weighted by molar-refractivity contribution is 0.0742. The van der Waals surface area contributed by atoms with E-state index in [4.69, 9.17) is 4.74 Å². The van der Waals surface area contributed by atoms with Gasteiger partial charge in [0.2, 0.25) is 0 Å². The lowest BCUT2D eigenvalue weighted by Crippen LogP contribution is -2.49. The Morgan fingerprint density at radius 3 is 2.70 bits per heavy atom. The molecule has 1 aliphatic rings. The molecule has 2 aromatic carbocycles. The molecule has 6 heteroatoms. The van der Waals surface area contributed by atoms with Crippen LogP contribution in [-0.2, 0) is 0 Å². The number of piperazine rings is 1. The number of carbonyl (C=O) groups excluding carboxylic acids is 1. The average molecular weight is 364 g/mol. The topological polar surface area (TPSA) is 61.5 Å². The van der Waals surface area contributed by atoms with Gasteiger partial charge < -0.3 is 14.5 Å². The highest BCUT2D eigenvalue weighted by molar-refractivity contribution is 6.04. The molecule has 1 fully saturated rings. The molecule has 0 bridgehead atoms. The second kappa shape index (κ2) is 7.31. The Labute approximate surface area is 158 Å². The van der Waals surface area contributed by atoms with Gasteiger partial charge in [-0.25, -0.2) is 0 Å². The second-order valence-corrected chi connectivity index (χ2v) is 6.80. The summed E-state index contributed by atoms with van der Waals surface area (Å²) >= 11 is 0. The summed E-state index contributed by atoms with van der Waals surface area (Å²) < 4.78 is 5.75. The third-order valence-electron chi connectivity index (χ3n) is 4.99. The van der Waals surface area contributed by atoms with Gasteiger partial charge in [-0.05, 0) is 38.1 Å². The molecule has 6 nitrogen and oxygen atoms in total. The Balaban J connectivity index is 1.49. The maximum Gasteiger partial charge on any atom is 0.275 e. The first-order valence-electron chi connectivity index (χ1n) is 9.38. The van der Waals surface area contributed by atoms with Gasteiger partial charge in [0, 0.05) is 31.6 Å². The van der Waals surface area contributed by atoms with Crippen molar-refractivity contribution in [2.24, 2.45) is 0 Å². The average Bonchev–Trinajstić information content (AvgIpc) is 3.11. The van der Waals surface area contributed by atoms with Gasteiger partial charge in [-0.15, -0.1) is 0 Å². The van der Waals surface area contributed by atoms with Crippen LogP contribution in [0.2, 0.25) is 0 Å². The standard InChI is InChI=1S/C21H24N4O2/c1-3-27-19-7-5-4-6-18(19)24-10-12-25(13-11-24)21(26)20-16-14-15(2)8-9-17(16)22-23-20/h4-9,14H,3,10-13H2,1-2H3,(H,22,23). The van der Waals surface area contributed by atoms with Crippen LogP contribution in [0.5, 0.6) is 5.75 Å². The molecule has 1 aromatic heterocycles. The summed E-state index contributed by atoms with van der Waals surface area (Å²) in [6.07, 6.45) is 0. The summed E-state index contributed by atoms with van der Waals surface area (Å²) in [4.78, 5) is 17.2. The first-order valence-corrected chi connectivity index (χ1v) is 9.38. The minimum Gasteiger partial charge on any atom is -0.492 e. The lowest BCUT2D eigenvalue weighted by atomic mass is 10.1. The molecule has 0 spiro atoms. The molecule has 1 amide bonds. The quantitative estimate of drug-likeness (QED) is 0.772. The van der Waals surface area contributed by atoms with Crippen molar-refractivity contribution in [1.82, 2.24) is 15.1 Å². The number of nitrogens with zero attached hydrogens (tertiary/aromatic N) is 3. The molecule has 0 aliphatic carbocycles. The van der Waals surface area contributed by atoms with E-state index in [9.17, 15) is 4.79 Å². The summed E-state index contributed by atoms with van der Waals surface area (Å²) in [7, 11) is 0. The van der Waals surface area contributed by atoms with Crippen molar-refractivity contribution in [3.8, 4) is 5.75 Å². The fourth-order valence-electron chi connectivity index (χ4n) is 3.59. The van der Waals surface area contributed by atoms with Gasteiger partial charge >= 0.3 is 0 Å². The van der Waals surface area contributed by atoms with Crippen LogP contribution in [0.1, 0.15) is 23.0 Å². The number of fused-ring (bicyclic) bond motifs is 1. The molecule has 0 atom stereocenters. The van der Waals surface area contributed by atoms with Crippen molar-refractivity contribution < 1.29 is 9.53 Å². The highest BCUT2D eigenvalue weighted by Crippen LogP contribution is 2.29. The van der Waals surface area contributed by atoms with Gasteiger partial charge in [0.1, 0.15) is 5.75 Å². The molecule has 1 N–H and O–H groups in total. The molecule has 27 heavy (non-hydrogen) atoms. The fourth-order valence-corrected chi connectivity index (χ4v) is 3.59. The predicted octanol–water partition coefficient (Wildman–Crippen LogP) is 3.23. The van der Waals surface area contributed by atoms with Crippen LogP contribution in [0.25, 0.3) is 10.9 Å². The third-order valence-corrected chi connectivity index (χ3v) is 4.99. The van der Waals surface area contributed by atoms with Crippen LogP contribution in [0, 0.1) is 6.92 Å². The molecule has 2 heterocycles. The van der Waals surface area contributed by atoms with E-state index in [1.165, 1.54) is 0 Å². The monoisotopic (exact) mass is 364 g/mol. The number of aromatic amines is 1. The predicted molar refractivity (Wildman–Crippen MR) is 107 cm³/mol. The van der Waals surface area contributed by atoms with Crippen LogP contribution in [0.4, 0.5) is 5.69 Å². The smallest absolute Gasteiger partial charge is 0.275 e. The summed E-state index contributed by atoms with van der Waals surface area (Å²) in [6, 6.07) is 14.1. The molecule has 0 saturated carbocycles. The minimum absolute atomic E-state index is 0.00964. The van der Waals surface area contributed by atoms with Crippen molar-refractivity contribution in [1.29, 1.82) is 0 Å². The lowest BCUT2D eigenvalue weighted by Gasteiger charge is -2.36. The van der Waals surface area contributed by atoms with E-state index in [2.05, 4.69) is 21.2 Å². The second-order valence-electron chi connectivity index (χ2n) is 6.80. The van der Waals surface area contributed by atoms with Crippen LogP contribution in [-0.4, -0.2) is 53.8 Å². The molecule has 0 unspecified atom stereocenters. The van der Waals surface area contributed by atoms with Gasteiger partial charge in [-0.1, -0.05) is 23.8 Å². The van der Waals surface area contributed by atoms with Gasteiger partial charge in [0.25, 0.3) is 5.91 Å². The van der Waals surface area contributed by atoms with Crippen molar-refractivity contribution >= 4 is 22.5 Å². The van der Waals surface area contributed by atoms with Gasteiger partial charge in [-0.2, -0.15) is 5.10 Å². The first kappa shape index (κ1) is 17.4. The molecule has 1 aliphatic heterocycles. The number of hydrogen-bond donors (Lipinski definition) is 1. The minimum atomic E-state index is -0.00964. The van der Waals surface area contributed by atoms with Crippen molar-refractivity contribution in [2.45, 2.75) is 13.8 Å². The number of amides is 1. The first-order chi connectivity index (χ1) is 13.2. The number of benzene rings is 2. The zero-order valence-electron chi connectivity index (χ0n) is 15.7. The fraction of sp³-hybridized carbons (Fsp3) is 0.333. The Bertz CT molecular complexity index is 958. The number of nitrogens with one attached hydrogen (secondary N) is 1. The zero-order valence-corrected chi connectivity index (χ0v) is 15.7. The van der Waals surface area contributed by atoms with Crippen LogP contribution in [0.15, 0.2) is 42.5 Å². The summed E-state index contributed by atoms with van der Waals surface area (Å²) in [6.45, 7) is 7.53. The highest BCUT2D eigenvalue weighted by Gasteiger charge is 2.26. The summed E-state index contributed by atoms with van der Waals surface area (Å²) in [5, 5.41) is 8.14. The Morgan fingerprint density at radius 2 is 1.93 bits per heavy atom. The maximum absolute atomic E-state index is 13.0. The molecular formula is C21H24N4O2. The van der Waals surface area contributed by atoms with Crippen molar-refractivity contribution in [3.05, 3.63) is 53.7 Å². The third kappa shape index (κ3) is 3.35. The summed E-state index contributed by atoms with van der Waals surface area (Å²) in [5.41, 5.74) is 3.62. The Kier molecular flexibility index (Phi) is 4.71. The highest BCUT2D eigenvalue weighted by atomic mass is 16.5. The van der Waals surface area contributed by atoms with Gasteiger partial charge in [0.05, 0.1) is 17.8 Å². The van der Waals surface area contributed by atoms with E-state index in [0.717, 1.165) is 41.0 Å². The van der Waals surface area contributed by atoms with Gasteiger partial charge in [-0.3, -0.25) is 9.89 Å². The van der Waals surface area contributed by atoms with E-state index in [1.807, 2.05) is 55.1 Å². The summed E-state index contributed by atoms with van der Waals surface area (Å²) in [5.74, 6) is 0.887. The number of rotatable bonds is 4. The molecule has 4 rings (SSSR count). The molecule has 140 valence electrons. The number of carbonyl (C=O) groups is 1. The number of H-pyrrole nitrogens is 1. The number of ether oxygens (including phenoxy) is 1. The SMILES string of the molecule is CCOc1ccccc1N1CCN(C(=O)c2n[nH]c3ccc(C)cc23)CC1. The number of anilines is 1. The molecule has 1 saturated heterocycles. The van der Waals surface area contributed by atoms with Crippen LogP contribution in [0.3, 0.4) is 0 Å². The molecule has 0 radical (unpaired) electrons. The van der Waals surface area contributed by atoms with E-state index in [-0.39, 0.29) is 5.91 Å². The maximum atomic E-state index is 13.0. The zero-order chi connectivity index (χ0) is 18.8. The number of aryl methyl sites for hydroxylation is 1. The Hall–Kier alpha value is -3.02. The van der Waals surface area contributed by atoms with E-state index < -0.39 is 0 Å².